The maximum Gasteiger partial charge on any atom is 0.240 e. The molecule has 5 heteroatoms. The number of benzene rings is 1. The molecule has 0 bridgehead atoms. The lowest BCUT2D eigenvalue weighted by molar-refractivity contribution is -0.115. The fourth-order valence-electron chi connectivity index (χ4n) is 1.95. The lowest BCUT2D eigenvalue weighted by Gasteiger charge is -2.21. The van der Waals surface area contributed by atoms with Gasteiger partial charge in [-0.15, -0.1) is 23.1 Å². The normalized spacial score (nSPS) is 19.5. The number of hydrogen-bond donors (Lipinski definition) is 0. The number of aryl methyl sites for hydroxylation is 1. The van der Waals surface area contributed by atoms with Crippen molar-refractivity contribution in [1.29, 1.82) is 0 Å². The molecule has 1 aliphatic rings. The number of aromatic nitrogens is 1. The SMILES string of the molecule is Cc1cnc(N2C(=O)CSC2c2ccccc2)s1. The molecule has 1 saturated heterocycles. The Hall–Kier alpha value is -1.33. The van der Waals surface area contributed by atoms with Gasteiger partial charge in [0.2, 0.25) is 5.91 Å². The van der Waals surface area contributed by atoms with Gasteiger partial charge < -0.3 is 0 Å². The van der Waals surface area contributed by atoms with Gasteiger partial charge in [0, 0.05) is 11.1 Å². The summed E-state index contributed by atoms with van der Waals surface area (Å²) in [6.07, 6.45) is 1.82. The van der Waals surface area contributed by atoms with Gasteiger partial charge in [-0.05, 0) is 12.5 Å². The number of thiazole rings is 1. The standard InChI is InChI=1S/C13H12N2OS2/c1-9-7-14-13(18-9)15-11(16)8-17-12(15)10-5-3-2-4-6-10/h2-7,12H,8H2,1H3. The molecular formula is C13H12N2OS2. The Morgan fingerprint density at radius 2 is 2.11 bits per heavy atom. The largest absolute Gasteiger partial charge is 0.273 e. The molecule has 92 valence electrons. The molecule has 1 fully saturated rings. The first-order chi connectivity index (χ1) is 8.75. The second kappa shape index (κ2) is 4.74. The third kappa shape index (κ3) is 2.04. The topological polar surface area (TPSA) is 33.2 Å². The molecule has 1 aliphatic heterocycles. The fraction of sp³-hybridized carbons (Fsp3) is 0.231. The van der Waals surface area contributed by atoms with E-state index in [-0.39, 0.29) is 11.3 Å². The Bertz CT molecular complexity index is 567. The van der Waals surface area contributed by atoms with Crippen molar-refractivity contribution in [3.63, 3.8) is 0 Å². The second-order valence-corrected chi connectivity index (χ2v) is 6.37. The minimum Gasteiger partial charge on any atom is -0.273 e. The Balaban J connectivity index is 1.98. The Morgan fingerprint density at radius 1 is 1.33 bits per heavy atom. The van der Waals surface area contributed by atoms with Gasteiger partial charge in [-0.2, -0.15) is 0 Å². The molecule has 2 aromatic rings. The van der Waals surface area contributed by atoms with Crippen LogP contribution in [0.1, 0.15) is 15.8 Å². The number of rotatable bonds is 2. The molecular weight excluding hydrogens is 264 g/mol. The van der Waals surface area contributed by atoms with Gasteiger partial charge in [0.1, 0.15) is 5.37 Å². The van der Waals surface area contributed by atoms with Gasteiger partial charge in [-0.25, -0.2) is 4.98 Å². The van der Waals surface area contributed by atoms with E-state index in [9.17, 15) is 4.79 Å². The van der Waals surface area contributed by atoms with E-state index in [4.69, 9.17) is 0 Å². The van der Waals surface area contributed by atoms with Crippen LogP contribution in [0.2, 0.25) is 0 Å². The molecule has 1 atom stereocenters. The molecule has 2 heterocycles. The van der Waals surface area contributed by atoms with Crippen molar-refractivity contribution in [2.24, 2.45) is 0 Å². The Morgan fingerprint density at radius 3 is 2.78 bits per heavy atom. The van der Waals surface area contributed by atoms with Crippen LogP contribution >= 0.6 is 23.1 Å². The summed E-state index contributed by atoms with van der Waals surface area (Å²) in [5.41, 5.74) is 1.15. The summed E-state index contributed by atoms with van der Waals surface area (Å²) in [6.45, 7) is 2.01. The van der Waals surface area contributed by atoms with Crippen molar-refractivity contribution in [3.8, 4) is 0 Å². The van der Waals surface area contributed by atoms with Crippen LogP contribution in [0.5, 0.6) is 0 Å². The second-order valence-electron chi connectivity index (χ2n) is 4.09. The molecule has 1 unspecified atom stereocenters. The monoisotopic (exact) mass is 276 g/mol. The molecule has 1 aromatic carbocycles. The summed E-state index contributed by atoms with van der Waals surface area (Å²) >= 11 is 3.23. The molecule has 0 radical (unpaired) electrons. The number of amides is 1. The molecule has 0 spiro atoms. The first kappa shape index (κ1) is 11.7. The number of carbonyl (C=O) groups excluding carboxylic acids is 1. The van der Waals surface area contributed by atoms with E-state index in [1.165, 1.54) is 0 Å². The van der Waals surface area contributed by atoms with Gasteiger partial charge in [0.05, 0.1) is 5.75 Å². The van der Waals surface area contributed by atoms with E-state index in [1.807, 2.05) is 36.2 Å². The zero-order valence-corrected chi connectivity index (χ0v) is 11.5. The third-order valence-corrected chi connectivity index (χ3v) is 4.89. The lowest BCUT2D eigenvalue weighted by atomic mass is 10.2. The third-order valence-electron chi connectivity index (χ3n) is 2.77. The minimum absolute atomic E-state index is 0.0595. The number of hydrogen-bond acceptors (Lipinski definition) is 4. The molecule has 18 heavy (non-hydrogen) atoms. The van der Waals surface area contributed by atoms with E-state index in [0.717, 1.165) is 15.6 Å². The number of carbonyl (C=O) groups is 1. The zero-order valence-electron chi connectivity index (χ0n) is 9.87. The van der Waals surface area contributed by atoms with Crippen molar-refractivity contribution in [3.05, 3.63) is 47.0 Å². The van der Waals surface area contributed by atoms with Gasteiger partial charge in [0.15, 0.2) is 5.13 Å². The summed E-state index contributed by atoms with van der Waals surface area (Å²) in [4.78, 5) is 19.3. The van der Waals surface area contributed by atoms with Crippen LogP contribution in [0.25, 0.3) is 0 Å². The highest BCUT2D eigenvalue weighted by atomic mass is 32.2. The molecule has 0 N–H and O–H groups in total. The average Bonchev–Trinajstić information content (AvgIpc) is 2.96. The summed E-state index contributed by atoms with van der Waals surface area (Å²) in [5, 5.41) is 0.862. The fourth-order valence-corrected chi connectivity index (χ4v) is 3.98. The highest BCUT2D eigenvalue weighted by Crippen LogP contribution is 2.42. The summed E-state index contributed by atoms with van der Waals surface area (Å²) < 4.78 is 0. The molecule has 0 saturated carbocycles. The van der Waals surface area contributed by atoms with Crippen molar-refractivity contribution in [2.75, 3.05) is 10.7 Å². The minimum atomic E-state index is 0.0595. The maximum absolute atomic E-state index is 12.0. The van der Waals surface area contributed by atoms with Crippen LogP contribution in [0, 0.1) is 6.92 Å². The van der Waals surface area contributed by atoms with E-state index < -0.39 is 0 Å². The molecule has 1 amide bonds. The highest BCUT2D eigenvalue weighted by Gasteiger charge is 2.35. The lowest BCUT2D eigenvalue weighted by Crippen LogP contribution is -2.27. The molecule has 3 rings (SSSR count). The average molecular weight is 276 g/mol. The van der Waals surface area contributed by atoms with E-state index in [2.05, 4.69) is 17.1 Å². The van der Waals surface area contributed by atoms with Crippen molar-refractivity contribution >= 4 is 34.1 Å². The van der Waals surface area contributed by atoms with Crippen molar-refractivity contribution < 1.29 is 4.79 Å². The first-order valence-electron chi connectivity index (χ1n) is 5.67. The van der Waals surface area contributed by atoms with Crippen LogP contribution in [-0.2, 0) is 4.79 Å². The maximum atomic E-state index is 12.0. The smallest absolute Gasteiger partial charge is 0.240 e. The van der Waals surface area contributed by atoms with Crippen LogP contribution in [0.4, 0.5) is 5.13 Å². The van der Waals surface area contributed by atoms with Crippen LogP contribution in [-0.4, -0.2) is 16.6 Å². The number of thioether (sulfide) groups is 1. The van der Waals surface area contributed by atoms with Crippen molar-refractivity contribution in [2.45, 2.75) is 12.3 Å². The van der Waals surface area contributed by atoms with Gasteiger partial charge in [-0.3, -0.25) is 9.69 Å². The van der Waals surface area contributed by atoms with E-state index in [0.29, 0.717) is 5.75 Å². The van der Waals surface area contributed by atoms with Crippen LogP contribution < -0.4 is 4.90 Å². The number of anilines is 1. The van der Waals surface area contributed by atoms with E-state index in [1.54, 1.807) is 23.1 Å². The van der Waals surface area contributed by atoms with Gasteiger partial charge >= 0.3 is 0 Å². The van der Waals surface area contributed by atoms with Gasteiger partial charge in [-0.1, -0.05) is 30.3 Å². The first-order valence-corrected chi connectivity index (χ1v) is 7.53. The summed E-state index contributed by atoms with van der Waals surface area (Å²) in [7, 11) is 0. The van der Waals surface area contributed by atoms with E-state index >= 15 is 0 Å². The number of nitrogens with zero attached hydrogens (tertiary/aromatic N) is 2. The quantitative estimate of drug-likeness (QED) is 0.844. The van der Waals surface area contributed by atoms with Crippen LogP contribution in [0.15, 0.2) is 36.5 Å². The van der Waals surface area contributed by atoms with Crippen molar-refractivity contribution in [1.82, 2.24) is 4.98 Å². The zero-order chi connectivity index (χ0) is 12.5. The summed E-state index contributed by atoms with van der Waals surface area (Å²) in [6, 6.07) is 10.1. The molecule has 3 nitrogen and oxygen atoms in total. The predicted octanol–water partition coefficient (Wildman–Crippen LogP) is 3.23. The highest BCUT2D eigenvalue weighted by molar-refractivity contribution is 8.00. The predicted molar refractivity (Wildman–Crippen MR) is 76.0 cm³/mol. The Kier molecular flexibility index (Phi) is 3.09. The summed E-state index contributed by atoms with van der Waals surface area (Å²) in [5.74, 6) is 0.668. The molecule has 0 aliphatic carbocycles. The van der Waals surface area contributed by atoms with Gasteiger partial charge in [0.25, 0.3) is 0 Å². The van der Waals surface area contributed by atoms with Crippen LogP contribution in [0.3, 0.4) is 0 Å². The molecule has 1 aromatic heterocycles. The Labute approximate surface area is 114 Å².